The molecule has 0 unspecified atom stereocenters. The van der Waals surface area contributed by atoms with Gasteiger partial charge in [0.1, 0.15) is 5.76 Å². The maximum Gasteiger partial charge on any atom is 0.176 e. The molecule has 3 nitrogen and oxygen atoms in total. The number of aryl methyl sites for hydroxylation is 1. The van der Waals surface area contributed by atoms with Gasteiger partial charge in [0.15, 0.2) is 5.78 Å². The van der Waals surface area contributed by atoms with Crippen LogP contribution in [0.15, 0.2) is 47.1 Å². The molecule has 0 saturated carbocycles. The standard InChI is InChI=1S/C15H17NO2/c1-12-5-7-13(8-6-12)15(17)11-16(2)10-14-4-3-9-18-14/h3-9H,10-11H2,1-2H3. The van der Waals surface area contributed by atoms with Crippen molar-refractivity contribution in [2.24, 2.45) is 0 Å². The van der Waals surface area contributed by atoms with Crippen LogP contribution in [0.2, 0.25) is 0 Å². The Hall–Kier alpha value is -1.87. The Balaban J connectivity index is 1.92. The summed E-state index contributed by atoms with van der Waals surface area (Å²) in [5, 5.41) is 0. The molecule has 0 radical (unpaired) electrons. The maximum atomic E-state index is 12.0. The zero-order valence-electron chi connectivity index (χ0n) is 10.7. The summed E-state index contributed by atoms with van der Waals surface area (Å²) in [6.45, 7) is 3.05. The molecule has 0 fully saturated rings. The number of Topliss-reactive ketones (excluding diaryl/α,β-unsaturated/α-hetero) is 1. The Morgan fingerprint density at radius 3 is 2.56 bits per heavy atom. The molecule has 1 aromatic heterocycles. The number of rotatable bonds is 5. The largest absolute Gasteiger partial charge is 0.468 e. The van der Waals surface area contributed by atoms with E-state index in [0.717, 1.165) is 16.9 Å². The van der Waals surface area contributed by atoms with Crippen LogP contribution in [0, 0.1) is 6.92 Å². The third-order valence-corrected chi connectivity index (χ3v) is 2.79. The van der Waals surface area contributed by atoms with Gasteiger partial charge in [0.2, 0.25) is 0 Å². The van der Waals surface area contributed by atoms with E-state index in [1.165, 1.54) is 0 Å². The molecule has 3 heteroatoms. The van der Waals surface area contributed by atoms with Crippen molar-refractivity contribution < 1.29 is 9.21 Å². The minimum atomic E-state index is 0.129. The Morgan fingerprint density at radius 2 is 1.94 bits per heavy atom. The van der Waals surface area contributed by atoms with Gasteiger partial charge in [-0.1, -0.05) is 29.8 Å². The molecule has 2 aromatic rings. The van der Waals surface area contributed by atoms with E-state index in [-0.39, 0.29) is 5.78 Å². The second-order valence-electron chi connectivity index (χ2n) is 4.54. The summed E-state index contributed by atoms with van der Waals surface area (Å²) in [5.41, 5.74) is 1.92. The fraction of sp³-hybridized carbons (Fsp3) is 0.267. The van der Waals surface area contributed by atoms with Crippen molar-refractivity contribution >= 4 is 5.78 Å². The predicted molar refractivity (Wildman–Crippen MR) is 70.6 cm³/mol. The lowest BCUT2D eigenvalue weighted by Crippen LogP contribution is -2.25. The van der Waals surface area contributed by atoms with Gasteiger partial charge in [0, 0.05) is 5.56 Å². The zero-order valence-corrected chi connectivity index (χ0v) is 10.7. The van der Waals surface area contributed by atoms with E-state index in [1.54, 1.807) is 6.26 Å². The first-order valence-corrected chi connectivity index (χ1v) is 5.96. The molecule has 2 rings (SSSR count). The Morgan fingerprint density at radius 1 is 1.22 bits per heavy atom. The van der Waals surface area contributed by atoms with Gasteiger partial charge in [-0.3, -0.25) is 9.69 Å². The Labute approximate surface area is 107 Å². The molecular weight excluding hydrogens is 226 g/mol. The highest BCUT2D eigenvalue weighted by molar-refractivity contribution is 5.97. The SMILES string of the molecule is Cc1ccc(C(=O)CN(C)Cc2ccco2)cc1. The van der Waals surface area contributed by atoms with E-state index in [4.69, 9.17) is 4.42 Å². The summed E-state index contributed by atoms with van der Waals surface area (Å²) >= 11 is 0. The molecule has 0 aliphatic carbocycles. The van der Waals surface area contributed by atoms with Gasteiger partial charge in [0.25, 0.3) is 0 Å². The summed E-state index contributed by atoms with van der Waals surface area (Å²) in [6.07, 6.45) is 1.64. The van der Waals surface area contributed by atoms with Gasteiger partial charge >= 0.3 is 0 Å². The molecular formula is C15H17NO2. The molecule has 0 bridgehead atoms. The van der Waals surface area contributed by atoms with Crippen LogP contribution < -0.4 is 0 Å². The molecule has 0 atom stereocenters. The summed E-state index contributed by atoms with van der Waals surface area (Å²) in [6, 6.07) is 11.4. The van der Waals surface area contributed by atoms with Crippen molar-refractivity contribution in [3.63, 3.8) is 0 Å². The van der Waals surface area contributed by atoms with Gasteiger partial charge in [0.05, 0.1) is 19.4 Å². The number of ketones is 1. The van der Waals surface area contributed by atoms with Crippen LogP contribution in [0.1, 0.15) is 21.7 Å². The van der Waals surface area contributed by atoms with Gasteiger partial charge in [-0.25, -0.2) is 0 Å². The summed E-state index contributed by atoms with van der Waals surface area (Å²) in [7, 11) is 1.91. The van der Waals surface area contributed by atoms with E-state index in [1.807, 2.05) is 55.3 Å². The number of likely N-dealkylation sites (N-methyl/N-ethyl adjacent to an activating group) is 1. The molecule has 94 valence electrons. The number of hydrogen-bond acceptors (Lipinski definition) is 3. The predicted octanol–water partition coefficient (Wildman–Crippen LogP) is 2.90. The van der Waals surface area contributed by atoms with Crippen LogP contribution in [-0.4, -0.2) is 24.3 Å². The first-order valence-electron chi connectivity index (χ1n) is 5.96. The topological polar surface area (TPSA) is 33.5 Å². The zero-order chi connectivity index (χ0) is 13.0. The highest BCUT2D eigenvalue weighted by atomic mass is 16.3. The summed E-state index contributed by atoms with van der Waals surface area (Å²) in [4.78, 5) is 14.0. The minimum Gasteiger partial charge on any atom is -0.468 e. The molecule has 0 aliphatic rings. The number of carbonyl (C=O) groups excluding carboxylic acids is 1. The molecule has 18 heavy (non-hydrogen) atoms. The number of nitrogens with zero attached hydrogens (tertiary/aromatic N) is 1. The van der Waals surface area contributed by atoms with Crippen LogP contribution in [0.25, 0.3) is 0 Å². The molecule has 1 aromatic carbocycles. The Kier molecular flexibility index (Phi) is 3.95. The fourth-order valence-corrected chi connectivity index (χ4v) is 1.80. The monoisotopic (exact) mass is 243 g/mol. The molecule has 0 spiro atoms. The molecule has 0 amide bonds. The molecule has 0 N–H and O–H groups in total. The van der Waals surface area contributed by atoms with Crippen molar-refractivity contribution in [3.8, 4) is 0 Å². The van der Waals surface area contributed by atoms with E-state index >= 15 is 0 Å². The Bertz CT molecular complexity index is 500. The number of carbonyl (C=O) groups is 1. The maximum absolute atomic E-state index is 12.0. The van der Waals surface area contributed by atoms with Crippen molar-refractivity contribution in [3.05, 3.63) is 59.5 Å². The first kappa shape index (κ1) is 12.6. The lowest BCUT2D eigenvalue weighted by atomic mass is 10.1. The van der Waals surface area contributed by atoms with Crippen molar-refractivity contribution in [1.82, 2.24) is 4.90 Å². The lowest BCUT2D eigenvalue weighted by Gasteiger charge is -2.14. The quantitative estimate of drug-likeness (QED) is 0.757. The van der Waals surface area contributed by atoms with Crippen molar-refractivity contribution in [2.75, 3.05) is 13.6 Å². The highest BCUT2D eigenvalue weighted by Gasteiger charge is 2.10. The van der Waals surface area contributed by atoms with Gasteiger partial charge < -0.3 is 4.42 Å². The van der Waals surface area contributed by atoms with Crippen LogP contribution in [0.4, 0.5) is 0 Å². The van der Waals surface area contributed by atoms with E-state index in [9.17, 15) is 4.79 Å². The third kappa shape index (κ3) is 3.31. The van der Waals surface area contributed by atoms with Crippen molar-refractivity contribution in [2.45, 2.75) is 13.5 Å². The van der Waals surface area contributed by atoms with E-state index in [2.05, 4.69) is 0 Å². The molecule has 0 saturated heterocycles. The smallest absolute Gasteiger partial charge is 0.176 e. The van der Waals surface area contributed by atoms with Gasteiger partial charge in [-0.2, -0.15) is 0 Å². The lowest BCUT2D eigenvalue weighted by molar-refractivity contribution is 0.0939. The van der Waals surface area contributed by atoms with Crippen LogP contribution >= 0.6 is 0 Å². The van der Waals surface area contributed by atoms with Crippen molar-refractivity contribution in [1.29, 1.82) is 0 Å². The molecule has 1 heterocycles. The molecule has 0 aliphatic heterocycles. The highest BCUT2D eigenvalue weighted by Crippen LogP contribution is 2.07. The average molecular weight is 243 g/mol. The third-order valence-electron chi connectivity index (χ3n) is 2.79. The number of benzene rings is 1. The fourth-order valence-electron chi connectivity index (χ4n) is 1.80. The second-order valence-corrected chi connectivity index (χ2v) is 4.54. The minimum absolute atomic E-state index is 0.129. The van der Waals surface area contributed by atoms with Gasteiger partial charge in [-0.05, 0) is 26.1 Å². The average Bonchev–Trinajstić information content (AvgIpc) is 2.82. The number of furan rings is 1. The van der Waals surface area contributed by atoms with E-state index in [0.29, 0.717) is 13.1 Å². The normalized spacial score (nSPS) is 10.8. The van der Waals surface area contributed by atoms with Crippen LogP contribution in [0.3, 0.4) is 0 Å². The summed E-state index contributed by atoms with van der Waals surface area (Å²) in [5.74, 6) is 0.998. The van der Waals surface area contributed by atoms with Crippen LogP contribution in [0.5, 0.6) is 0 Å². The summed E-state index contributed by atoms with van der Waals surface area (Å²) < 4.78 is 5.25. The first-order chi connectivity index (χ1) is 8.65. The van der Waals surface area contributed by atoms with Gasteiger partial charge in [-0.15, -0.1) is 0 Å². The number of hydrogen-bond donors (Lipinski definition) is 0. The second kappa shape index (κ2) is 5.65. The van der Waals surface area contributed by atoms with E-state index < -0.39 is 0 Å². The van der Waals surface area contributed by atoms with Crippen LogP contribution in [-0.2, 0) is 6.54 Å².